The molecular weight excluding hydrogens is 398 g/mol. The van der Waals surface area contributed by atoms with Crippen LogP contribution in [0, 0.1) is 5.92 Å². The van der Waals surface area contributed by atoms with E-state index in [0.717, 1.165) is 42.6 Å². The minimum atomic E-state index is 0.131. The molecule has 32 heavy (non-hydrogen) atoms. The van der Waals surface area contributed by atoms with Crippen LogP contribution in [-0.4, -0.2) is 60.1 Å². The molecule has 2 fully saturated rings. The van der Waals surface area contributed by atoms with Gasteiger partial charge in [-0.05, 0) is 54.9 Å². The lowest BCUT2D eigenvalue weighted by Crippen LogP contribution is -2.37. The van der Waals surface area contributed by atoms with E-state index < -0.39 is 0 Å². The Bertz CT molecular complexity index is 1070. The predicted molar refractivity (Wildman–Crippen MR) is 127 cm³/mol. The summed E-state index contributed by atoms with van der Waals surface area (Å²) >= 11 is 0. The maximum atomic E-state index is 13.6. The molecule has 1 aromatic heterocycles. The van der Waals surface area contributed by atoms with Gasteiger partial charge in [0, 0.05) is 48.9 Å². The van der Waals surface area contributed by atoms with Crippen LogP contribution in [0.15, 0.2) is 60.9 Å². The first kappa shape index (κ1) is 21.1. The third-order valence-electron chi connectivity index (χ3n) is 6.72. The number of aromatic nitrogens is 1. The van der Waals surface area contributed by atoms with E-state index in [1.165, 1.54) is 23.8 Å². The number of ether oxygens (including phenoxy) is 1. The van der Waals surface area contributed by atoms with Gasteiger partial charge in [0.05, 0.1) is 13.2 Å². The number of rotatable bonds is 5. The van der Waals surface area contributed by atoms with Crippen molar-refractivity contribution in [2.45, 2.75) is 25.8 Å². The molecule has 166 valence electrons. The molecule has 2 aliphatic rings. The largest absolute Gasteiger partial charge is 0.379 e. The van der Waals surface area contributed by atoms with Crippen LogP contribution in [0.4, 0.5) is 0 Å². The SMILES string of the molecule is O=C(c1ccccc1CN1CCCC1)N1CCOCC(Cc2cncc3ccccc23)C1. The topological polar surface area (TPSA) is 45.7 Å². The fourth-order valence-corrected chi connectivity index (χ4v) is 5.06. The van der Waals surface area contributed by atoms with Crippen LogP contribution in [0.5, 0.6) is 0 Å². The highest BCUT2D eigenvalue weighted by Crippen LogP contribution is 2.23. The minimum absolute atomic E-state index is 0.131. The molecule has 3 aromatic rings. The Morgan fingerprint density at radius 1 is 0.969 bits per heavy atom. The minimum Gasteiger partial charge on any atom is -0.379 e. The van der Waals surface area contributed by atoms with Gasteiger partial charge in [-0.25, -0.2) is 0 Å². The predicted octanol–water partition coefficient (Wildman–Crippen LogP) is 4.16. The summed E-state index contributed by atoms with van der Waals surface area (Å²) in [6.07, 6.45) is 7.24. The zero-order valence-electron chi connectivity index (χ0n) is 18.6. The Morgan fingerprint density at radius 3 is 2.69 bits per heavy atom. The maximum absolute atomic E-state index is 13.6. The van der Waals surface area contributed by atoms with Crippen LogP contribution in [0.1, 0.15) is 34.3 Å². The van der Waals surface area contributed by atoms with Crippen molar-refractivity contribution in [3.63, 3.8) is 0 Å². The van der Waals surface area contributed by atoms with Gasteiger partial charge in [0.25, 0.3) is 5.91 Å². The molecule has 2 aliphatic heterocycles. The normalized spacial score (nSPS) is 19.9. The molecule has 2 saturated heterocycles. The van der Waals surface area contributed by atoms with Crippen molar-refractivity contribution < 1.29 is 9.53 Å². The summed E-state index contributed by atoms with van der Waals surface area (Å²) in [7, 11) is 0. The number of nitrogens with zero attached hydrogens (tertiary/aromatic N) is 3. The van der Waals surface area contributed by atoms with Crippen LogP contribution in [-0.2, 0) is 17.7 Å². The molecule has 1 amide bonds. The average molecular weight is 430 g/mol. The molecule has 0 spiro atoms. The number of carbonyl (C=O) groups excluding carboxylic acids is 1. The van der Waals surface area contributed by atoms with E-state index in [2.05, 4.69) is 34.1 Å². The quantitative estimate of drug-likeness (QED) is 0.611. The summed E-state index contributed by atoms with van der Waals surface area (Å²) in [6, 6.07) is 16.5. The molecular formula is C27H31N3O2. The monoisotopic (exact) mass is 429 g/mol. The van der Waals surface area contributed by atoms with E-state index in [-0.39, 0.29) is 11.8 Å². The summed E-state index contributed by atoms with van der Waals surface area (Å²) in [6.45, 7) is 5.72. The Kier molecular flexibility index (Phi) is 6.46. The molecule has 0 radical (unpaired) electrons. The molecule has 0 N–H and O–H groups in total. The first-order chi connectivity index (χ1) is 15.8. The highest BCUT2D eigenvalue weighted by Gasteiger charge is 2.26. The van der Waals surface area contributed by atoms with Crippen molar-refractivity contribution in [2.75, 3.05) is 39.4 Å². The lowest BCUT2D eigenvalue weighted by Gasteiger charge is -2.26. The van der Waals surface area contributed by atoms with Gasteiger partial charge in [-0.1, -0.05) is 42.5 Å². The first-order valence-corrected chi connectivity index (χ1v) is 11.8. The molecule has 0 saturated carbocycles. The number of hydrogen-bond donors (Lipinski definition) is 0. The number of fused-ring (bicyclic) bond motifs is 1. The summed E-state index contributed by atoms with van der Waals surface area (Å²) < 4.78 is 5.92. The fourth-order valence-electron chi connectivity index (χ4n) is 5.06. The van der Waals surface area contributed by atoms with Crippen molar-refractivity contribution in [1.82, 2.24) is 14.8 Å². The number of hydrogen-bond acceptors (Lipinski definition) is 4. The molecule has 5 rings (SSSR count). The molecule has 0 aliphatic carbocycles. The van der Waals surface area contributed by atoms with Crippen molar-refractivity contribution in [1.29, 1.82) is 0 Å². The Morgan fingerprint density at radius 2 is 1.78 bits per heavy atom. The Labute approximate surface area is 190 Å². The second-order valence-electron chi connectivity index (χ2n) is 9.06. The number of likely N-dealkylation sites (tertiary alicyclic amines) is 1. The van der Waals surface area contributed by atoms with Gasteiger partial charge in [-0.3, -0.25) is 14.7 Å². The van der Waals surface area contributed by atoms with E-state index in [1.807, 2.05) is 41.6 Å². The van der Waals surface area contributed by atoms with E-state index in [0.29, 0.717) is 26.3 Å². The third-order valence-corrected chi connectivity index (χ3v) is 6.72. The molecule has 0 bridgehead atoms. The maximum Gasteiger partial charge on any atom is 0.254 e. The van der Waals surface area contributed by atoms with Crippen LogP contribution in [0.2, 0.25) is 0 Å². The van der Waals surface area contributed by atoms with Gasteiger partial charge in [0.2, 0.25) is 0 Å². The molecule has 5 heteroatoms. The lowest BCUT2D eigenvalue weighted by atomic mass is 9.96. The van der Waals surface area contributed by atoms with E-state index >= 15 is 0 Å². The zero-order valence-corrected chi connectivity index (χ0v) is 18.6. The Hall–Kier alpha value is -2.76. The number of carbonyl (C=O) groups is 1. The van der Waals surface area contributed by atoms with Crippen LogP contribution in [0.25, 0.3) is 10.8 Å². The van der Waals surface area contributed by atoms with Crippen molar-refractivity contribution in [3.8, 4) is 0 Å². The van der Waals surface area contributed by atoms with E-state index in [4.69, 9.17) is 4.74 Å². The summed E-state index contributed by atoms with van der Waals surface area (Å²) in [4.78, 5) is 22.5. The number of amides is 1. The van der Waals surface area contributed by atoms with Crippen LogP contribution in [0.3, 0.4) is 0 Å². The highest BCUT2D eigenvalue weighted by molar-refractivity contribution is 5.95. The van der Waals surface area contributed by atoms with Crippen molar-refractivity contribution in [3.05, 3.63) is 77.6 Å². The standard InChI is InChI=1S/C27H31N3O2/c31-27(26-10-4-2-8-23(26)19-29-11-5-6-12-29)30-13-14-32-20-21(18-30)15-24-17-28-16-22-7-1-3-9-25(22)24/h1-4,7-10,16-17,21H,5-6,11-15,18-20H2. The van der Waals surface area contributed by atoms with E-state index in [1.54, 1.807) is 0 Å². The molecule has 5 nitrogen and oxygen atoms in total. The van der Waals surface area contributed by atoms with Gasteiger partial charge >= 0.3 is 0 Å². The summed E-state index contributed by atoms with van der Waals surface area (Å²) in [5.41, 5.74) is 3.20. The first-order valence-electron chi connectivity index (χ1n) is 11.8. The van der Waals surface area contributed by atoms with Gasteiger partial charge in [-0.2, -0.15) is 0 Å². The van der Waals surface area contributed by atoms with Gasteiger partial charge in [0.1, 0.15) is 0 Å². The Balaban J connectivity index is 1.33. The molecule has 1 unspecified atom stereocenters. The third kappa shape index (κ3) is 4.69. The van der Waals surface area contributed by atoms with Crippen molar-refractivity contribution in [2.24, 2.45) is 5.92 Å². The number of pyridine rings is 1. The smallest absolute Gasteiger partial charge is 0.254 e. The van der Waals surface area contributed by atoms with Crippen molar-refractivity contribution >= 4 is 16.7 Å². The second-order valence-corrected chi connectivity index (χ2v) is 9.06. The highest BCUT2D eigenvalue weighted by atomic mass is 16.5. The van der Waals surface area contributed by atoms with Crippen LogP contribution >= 0.6 is 0 Å². The van der Waals surface area contributed by atoms with Crippen LogP contribution < -0.4 is 0 Å². The fraction of sp³-hybridized carbons (Fsp3) is 0.407. The molecule has 3 heterocycles. The molecule has 2 aromatic carbocycles. The summed E-state index contributed by atoms with van der Waals surface area (Å²) in [5, 5.41) is 2.39. The van der Waals surface area contributed by atoms with E-state index in [9.17, 15) is 4.79 Å². The molecule has 1 atom stereocenters. The van der Waals surface area contributed by atoms with Gasteiger partial charge in [-0.15, -0.1) is 0 Å². The van der Waals surface area contributed by atoms with Gasteiger partial charge in [0.15, 0.2) is 0 Å². The zero-order chi connectivity index (χ0) is 21.8. The average Bonchev–Trinajstić information content (AvgIpc) is 3.23. The summed E-state index contributed by atoms with van der Waals surface area (Å²) in [5.74, 6) is 0.381. The number of benzene rings is 2. The second kappa shape index (κ2) is 9.80. The van der Waals surface area contributed by atoms with Gasteiger partial charge < -0.3 is 9.64 Å². The lowest BCUT2D eigenvalue weighted by molar-refractivity contribution is 0.0735.